The second kappa shape index (κ2) is 4.67. The van der Waals surface area contributed by atoms with Gasteiger partial charge in [-0.15, -0.1) is 0 Å². The third-order valence-corrected chi connectivity index (χ3v) is 5.05. The fraction of sp³-hybridized carbons (Fsp3) is 0.625. The highest BCUT2D eigenvalue weighted by atomic mass is 15.2. The summed E-state index contributed by atoms with van der Waals surface area (Å²) in [6, 6.07) is 10.2. The molecule has 0 spiro atoms. The van der Waals surface area contributed by atoms with E-state index in [0.717, 1.165) is 12.3 Å². The van der Waals surface area contributed by atoms with E-state index in [1.165, 1.54) is 30.5 Å². The van der Waals surface area contributed by atoms with Crippen LogP contribution in [-0.4, -0.2) is 17.5 Å². The molecule has 1 aromatic carbocycles. The highest BCUT2D eigenvalue weighted by Crippen LogP contribution is 2.43. The maximum atomic E-state index is 6.30. The van der Waals surface area contributed by atoms with E-state index in [2.05, 4.69) is 43.0 Å². The zero-order valence-corrected chi connectivity index (χ0v) is 11.5. The normalized spacial score (nSPS) is 36.6. The third-order valence-electron chi connectivity index (χ3n) is 5.05. The first-order valence-corrected chi connectivity index (χ1v) is 7.28. The van der Waals surface area contributed by atoms with Gasteiger partial charge in [-0.05, 0) is 49.8 Å². The molecule has 0 amide bonds. The van der Waals surface area contributed by atoms with Gasteiger partial charge in [-0.1, -0.05) is 31.2 Å². The summed E-state index contributed by atoms with van der Waals surface area (Å²) in [7, 11) is 0. The quantitative estimate of drug-likeness (QED) is 0.821. The fourth-order valence-electron chi connectivity index (χ4n) is 3.77. The minimum atomic E-state index is 0.232. The van der Waals surface area contributed by atoms with E-state index in [0.29, 0.717) is 12.1 Å². The summed E-state index contributed by atoms with van der Waals surface area (Å²) in [5, 5.41) is 0. The first kappa shape index (κ1) is 12.2. The molecule has 0 aromatic heterocycles. The van der Waals surface area contributed by atoms with E-state index in [1.54, 1.807) is 0 Å². The maximum Gasteiger partial charge on any atom is 0.0372 e. The largest absolute Gasteiger partial charge is 0.324 e. The molecule has 0 saturated carbocycles. The molecule has 2 heteroatoms. The van der Waals surface area contributed by atoms with Crippen LogP contribution in [0.2, 0.25) is 0 Å². The standard InChI is InChI=1S/C16H24N2/c1-11-6-5-9-18(12(11)2)16-10-15(17)13-7-3-4-8-14(13)16/h3-4,7-8,11-12,15-16H,5-6,9-10,17H2,1-2H3. The lowest BCUT2D eigenvalue weighted by Crippen LogP contribution is -2.44. The monoisotopic (exact) mass is 244 g/mol. The minimum Gasteiger partial charge on any atom is -0.324 e. The number of nitrogens with two attached hydrogens (primary N) is 1. The van der Waals surface area contributed by atoms with Crippen molar-refractivity contribution in [1.82, 2.24) is 4.90 Å². The zero-order valence-electron chi connectivity index (χ0n) is 11.5. The lowest BCUT2D eigenvalue weighted by molar-refractivity contribution is 0.0660. The molecule has 0 bridgehead atoms. The number of hydrogen-bond donors (Lipinski definition) is 1. The number of benzene rings is 1. The Labute approximate surface area is 110 Å². The number of likely N-dealkylation sites (tertiary alicyclic amines) is 1. The lowest BCUT2D eigenvalue weighted by Gasteiger charge is -2.42. The van der Waals surface area contributed by atoms with Crippen LogP contribution in [0.3, 0.4) is 0 Å². The van der Waals surface area contributed by atoms with Crippen LogP contribution in [-0.2, 0) is 0 Å². The average molecular weight is 244 g/mol. The lowest BCUT2D eigenvalue weighted by atomic mass is 9.89. The van der Waals surface area contributed by atoms with Crippen molar-refractivity contribution in [1.29, 1.82) is 0 Å². The van der Waals surface area contributed by atoms with Crippen LogP contribution >= 0.6 is 0 Å². The number of hydrogen-bond acceptors (Lipinski definition) is 2. The topological polar surface area (TPSA) is 29.3 Å². The van der Waals surface area contributed by atoms with Crippen molar-refractivity contribution in [2.24, 2.45) is 11.7 Å². The third kappa shape index (κ3) is 1.88. The van der Waals surface area contributed by atoms with E-state index >= 15 is 0 Å². The van der Waals surface area contributed by atoms with Gasteiger partial charge in [-0.3, -0.25) is 4.90 Å². The smallest absolute Gasteiger partial charge is 0.0372 e. The Morgan fingerprint density at radius 3 is 2.67 bits per heavy atom. The van der Waals surface area contributed by atoms with Crippen molar-refractivity contribution in [3.05, 3.63) is 35.4 Å². The molecule has 0 radical (unpaired) electrons. The van der Waals surface area contributed by atoms with Gasteiger partial charge in [0.25, 0.3) is 0 Å². The molecular weight excluding hydrogens is 220 g/mol. The summed E-state index contributed by atoms with van der Waals surface area (Å²) in [6.07, 6.45) is 3.80. The molecule has 4 unspecified atom stereocenters. The number of nitrogens with zero attached hydrogens (tertiary/aromatic N) is 1. The summed E-state index contributed by atoms with van der Waals surface area (Å²) in [6.45, 7) is 6.01. The Morgan fingerprint density at radius 1 is 1.17 bits per heavy atom. The van der Waals surface area contributed by atoms with Crippen LogP contribution in [0.15, 0.2) is 24.3 Å². The molecular formula is C16H24N2. The molecule has 1 heterocycles. The van der Waals surface area contributed by atoms with Crippen molar-refractivity contribution in [2.45, 2.75) is 51.2 Å². The maximum absolute atomic E-state index is 6.30. The van der Waals surface area contributed by atoms with Gasteiger partial charge in [-0.25, -0.2) is 0 Å². The Morgan fingerprint density at radius 2 is 1.89 bits per heavy atom. The molecule has 2 aliphatic rings. The SMILES string of the molecule is CC1CCCN(C2CC(N)c3ccccc32)C1C. The van der Waals surface area contributed by atoms with Gasteiger partial charge in [0.1, 0.15) is 0 Å². The predicted molar refractivity (Wildman–Crippen MR) is 75.3 cm³/mol. The molecule has 2 nitrogen and oxygen atoms in total. The average Bonchev–Trinajstić information content (AvgIpc) is 2.71. The summed E-state index contributed by atoms with van der Waals surface area (Å²) in [5.74, 6) is 0.808. The molecule has 3 rings (SSSR count). The number of piperidine rings is 1. The summed E-state index contributed by atoms with van der Waals surface area (Å²) >= 11 is 0. The van der Waals surface area contributed by atoms with Crippen LogP contribution in [0.5, 0.6) is 0 Å². The van der Waals surface area contributed by atoms with Crippen molar-refractivity contribution >= 4 is 0 Å². The first-order valence-electron chi connectivity index (χ1n) is 7.28. The Bertz CT molecular complexity index is 429. The van der Waals surface area contributed by atoms with Crippen molar-refractivity contribution in [2.75, 3.05) is 6.54 Å². The molecule has 2 N–H and O–H groups in total. The van der Waals surface area contributed by atoms with Gasteiger partial charge in [-0.2, -0.15) is 0 Å². The Hall–Kier alpha value is -0.860. The van der Waals surface area contributed by atoms with Crippen LogP contribution < -0.4 is 5.73 Å². The number of fused-ring (bicyclic) bond motifs is 1. The van der Waals surface area contributed by atoms with Crippen LogP contribution in [0.25, 0.3) is 0 Å². The predicted octanol–water partition coefficient (Wildman–Crippen LogP) is 3.25. The Kier molecular flexibility index (Phi) is 3.16. The molecule has 18 heavy (non-hydrogen) atoms. The first-order chi connectivity index (χ1) is 8.68. The van der Waals surface area contributed by atoms with Gasteiger partial charge in [0.15, 0.2) is 0 Å². The van der Waals surface area contributed by atoms with E-state index in [4.69, 9.17) is 5.73 Å². The number of rotatable bonds is 1. The van der Waals surface area contributed by atoms with E-state index < -0.39 is 0 Å². The van der Waals surface area contributed by atoms with Gasteiger partial charge >= 0.3 is 0 Å². The highest BCUT2D eigenvalue weighted by Gasteiger charge is 2.37. The van der Waals surface area contributed by atoms with Gasteiger partial charge < -0.3 is 5.73 Å². The van der Waals surface area contributed by atoms with Gasteiger partial charge in [0.2, 0.25) is 0 Å². The van der Waals surface area contributed by atoms with Crippen molar-refractivity contribution in [3.63, 3.8) is 0 Å². The second-order valence-corrected chi connectivity index (χ2v) is 6.08. The molecule has 1 aliphatic carbocycles. The summed E-state index contributed by atoms with van der Waals surface area (Å²) in [5.41, 5.74) is 9.14. The molecule has 1 fully saturated rings. The van der Waals surface area contributed by atoms with E-state index in [1.807, 2.05) is 0 Å². The van der Waals surface area contributed by atoms with Gasteiger partial charge in [0.05, 0.1) is 0 Å². The van der Waals surface area contributed by atoms with Crippen LogP contribution in [0.1, 0.15) is 56.3 Å². The fourth-order valence-corrected chi connectivity index (χ4v) is 3.77. The Balaban J connectivity index is 1.90. The summed E-state index contributed by atoms with van der Waals surface area (Å²) in [4.78, 5) is 2.69. The summed E-state index contributed by atoms with van der Waals surface area (Å²) < 4.78 is 0. The van der Waals surface area contributed by atoms with Crippen LogP contribution in [0.4, 0.5) is 0 Å². The van der Waals surface area contributed by atoms with E-state index in [-0.39, 0.29) is 6.04 Å². The van der Waals surface area contributed by atoms with Crippen molar-refractivity contribution in [3.8, 4) is 0 Å². The van der Waals surface area contributed by atoms with Gasteiger partial charge in [0, 0.05) is 18.1 Å². The minimum absolute atomic E-state index is 0.232. The van der Waals surface area contributed by atoms with Crippen molar-refractivity contribution < 1.29 is 0 Å². The molecule has 4 atom stereocenters. The highest BCUT2D eigenvalue weighted by molar-refractivity contribution is 5.37. The second-order valence-electron chi connectivity index (χ2n) is 6.08. The van der Waals surface area contributed by atoms with Crippen LogP contribution in [0, 0.1) is 5.92 Å². The zero-order chi connectivity index (χ0) is 12.7. The molecule has 1 aromatic rings. The van der Waals surface area contributed by atoms with E-state index in [9.17, 15) is 0 Å². The molecule has 1 aliphatic heterocycles. The molecule has 98 valence electrons. The molecule has 1 saturated heterocycles.